The Hall–Kier alpha value is -5.47. The molecule has 0 bridgehead atoms. The summed E-state index contributed by atoms with van der Waals surface area (Å²) < 4.78 is 48.0. The Labute approximate surface area is 306 Å². The first kappa shape index (κ1) is 41.3. The second-order valence-corrected chi connectivity index (χ2v) is 12.2. The molecule has 3 aromatic carbocycles. The average molecular weight is 765 g/mol. The van der Waals surface area contributed by atoms with E-state index in [0.29, 0.717) is 11.3 Å². The van der Waals surface area contributed by atoms with Gasteiger partial charge < -0.3 is 60.2 Å². The summed E-state index contributed by atoms with van der Waals surface area (Å²) in [6, 6.07) is 17.8. The number of likely N-dealkylation sites (N-methyl/N-ethyl adjacent to an activating group) is 1. The number of amides is 2. The fourth-order valence-corrected chi connectivity index (χ4v) is 5.39. The number of carbonyl (C=O) groups excluding carboxylic acids is 2. The molecule has 292 valence electrons. The van der Waals surface area contributed by atoms with E-state index in [2.05, 4.69) is 27.5 Å². The van der Waals surface area contributed by atoms with Gasteiger partial charge in [-0.1, -0.05) is 6.07 Å². The molecule has 2 heterocycles. The van der Waals surface area contributed by atoms with Crippen LogP contribution in [0, 0.1) is 0 Å². The summed E-state index contributed by atoms with van der Waals surface area (Å²) in [5.41, 5.74) is 1.66. The Morgan fingerprint density at radius 2 is 1.39 bits per heavy atom. The van der Waals surface area contributed by atoms with Gasteiger partial charge in [0.25, 0.3) is 11.8 Å². The van der Waals surface area contributed by atoms with Crippen molar-refractivity contribution in [2.45, 2.75) is 43.3 Å². The predicted octanol–water partition coefficient (Wildman–Crippen LogP) is 2.25. The molecule has 0 spiro atoms. The summed E-state index contributed by atoms with van der Waals surface area (Å²) in [5.74, 6) is -4.97. The largest absolute Gasteiger partial charge is 0.497 e. The van der Waals surface area contributed by atoms with Crippen LogP contribution in [-0.2, 0) is 14.3 Å². The lowest BCUT2D eigenvalue weighted by Crippen LogP contribution is -2.61. The van der Waals surface area contributed by atoms with Crippen LogP contribution in [0.5, 0.6) is 11.5 Å². The molecule has 54 heavy (non-hydrogen) atoms. The summed E-state index contributed by atoms with van der Waals surface area (Å²) in [6.45, 7) is 3.68. The molecule has 5 rings (SSSR count). The number of halogens is 3. The number of nitrogens with zero attached hydrogens (tertiary/aromatic N) is 2. The van der Waals surface area contributed by atoms with Crippen LogP contribution >= 0.6 is 0 Å². The van der Waals surface area contributed by atoms with Crippen molar-refractivity contribution in [1.29, 1.82) is 0 Å². The number of ether oxygens (including phenoxy) is 3. The monoisotopic (exact) mass is 764 g/mol. The molecule has 2 amide bonds. The highest BCUT2D eigenvalue weighted by molar-refractivity contribution is 6.11. The van der Waals surface area contributed by atoms with Gasteiger partial charge >= 0.3 is 18.1 Å². The van der Waals surface area contributed by atoms with Crippen LogP contribution < -0.4 is 25.0 Å². The lowest BCUT2D eigenvalue weighted by Gasteiger charge is -2.38. The molecule has 2 aliphatic rings. The van der Waals surface area contributed by atoms with Gasteiger partial charge in [0.15, 0.2) is 6.10 Å². The van der Waals surface area contributed by atoms with Crippen LogP contribution in [0.2, 0.25) is 0 Å². The predicted molar refractivity (Wildman–Crippen MR) is 185 cm³/mol. The Kier molecular flexibility index (Phi) is 13.8. The number of carboxylic acid groups (broad SMARTS) is 2. The maximum atomic E-state index is 13.6. The van der Waals surface area contributed by atoms with E-state index in [1.165, 1.54) is 25.3 Å². The molecule has 2 fully saturated rings. The highest BCUT2D eigenvalue weighted by Gasteiger charge is 2.48. The van der Waals surface area contributed by atoms with Gasteiger partial charge in [0.1, 0.15) is 35.5 Å². The minimum atomic E-state index is -5.08. The lowest BCUT2D eigenvalue weighted by molar-refractivity contribution is -0.271. The van der Waals surface area contributed by atoms with Crippen LogP contribution in [0.4, 0.5) is 30.2 Å². The standard InChI is InChI=1S/C33H38N4O10.C2HF3O2/c1-36-15-4-16-37(18-17-36)21-11-7-19(8-12-21)31(42)35-25-23(34-30(41)20-9-13-22(45-2)14-10-20)5-3-6-24(25)46-33-28(40)26(38)27(39)29(47-33)32(43)44;3-2(4,5)1(6)7/h3,5-14,26-29,33,38-40H,4,15-18H2,1-2H3,(H,34,41)(H,35,42)(H,43,44);(H,6,7)/t26-,27-,28+,29-,33+;/m0./s1. The van der Waals surface area contributed by atoms with Gasteiger partial charge in [0.2, 0.25) is 6.29 Å². The molecule has 19 heteroatoms. The minimum Gasteiger partial charge on any atom is -0.497 e. The first-order valence-corrected chi connectivity index (χ1v) is 16.3. The number of aliphatic hydroxyl groups excluding tert-OH is 3. The topological polar surface area (TPSA) is 228 Å². The highest BCUT2D eigenvalue weighted by Crippen LogP contribution is 2.36. The van der Waals surface area contributed by atoms with E-state index >= 15 is 0 Å². The van der Waals surface area contributed by atoms with Crippen molar-refractivity contribution in [3.05, 3.63) is 77.9 Å². The third-order valence-corrected chi connectivity index (χ3v) is 8.38. The van der Waals surface area contributed by atoms with Gasteiger partial charge in [-0.2, -0.15) is 13.2 Å². The fourth-order valence-electron chi connectivity index (χ4n) is 5.39. The van der Waals surface area contributed by atoms with Crippen molar-refractivity contribution in [2.24, 2.45) is 0 Å². The van der Waals surface area contributed by atoms with Crippen LogP contribution in [-0.4, -0.2) is 131 Å². The summed E-state index contributed by atoms with van der Waals surface area (Å²) in [4.78, 5) is 51.8. The summed E-state index contributed by atoms with van der Waals surface area (Å²) in [6.07, 6.45) is -13.4. The number of hydrogen-bond acceptors (Lipinski definition) is 12. The third-order valence-electron chi connectivity index (χ3n) is 8.38. The van der Waals surface area contributed by atoms with Gasteiger partial charge in [0.05, 0.1) is 12.8 Å². The Balaban J connectivity index is 0.000000845. The highest BCUT2D eigenvalue weighted by atomic mass is 19.4. The van der Waals surface area contributed by atoms with Crippen molar-refractivity contribution >= 4 is 40.8 Å². The van der Waals surface area contributed by atoms with E-state index in [0.717, 1.165) is 38.3 Å². The molecule has 0 aromatic heterocycles. The van der Waals surface area contributed by atoms with E-state index in [-0.39, 0.29) is 22.7 Å². The number of anilines is 3. The third kappa shape index (κ3) is 10.6. The maximum absolute atomic E-state index is 13.6. The van der Waals surface area contributed by atoms with E-state index in [1.54, 1.807) is 36.4 Å². The van der Waals surface area contributed by atoms with Crippen LogP contribution in [0.15, 0.2) is 66.7 Å². The number of para-hydroxylation sites is 1. The van der Waals surface area contributed by atoms with Crippen molar-refractivity contribution in [3.8, 4) is 11.5 Å². The normalized spacial score (nSPS) is 21.8. The number of alkyl halides is 3. The fraction of sp³-hybridized carbons (Fsp3) is 0.371. The zero-order valence-corrected chi connectivity index (χ0v) is 28.9. The number of rotatable bonds is 9. The van der Waals surface area contributed by atoms with E-state index in [9.17, 15) is 48.0 Å². The summed E-state index contributed by atoms with van der Waals surface area (Å²) in [7, 11) is 3.59. The second kappa shape index (κ2) is 18.0. The number of benzene rings is 3. The maximum Gasteiger partial charge on any atom is 0.490 e. The molecule has 7 N–H and O–H groups in total. The van der Waals surface area contributed by atoms with Gasteiger partial charge in [0, 0.05) is 36.4 Å². The van der Waals surface area contributed by atoms with Crippen LogP contribution in [0.3, 0.4) is 0 Å². The number of carbonyl (C=O) groups is 4. The van der Waals surface area contributed by atoms with Gasteiger partial charge in [-0.05, 0) is 80.7 Å². The number of aliphatic hydroxyl groups is 3. The number of aliphatic carboxylic acids is 2. The zero-order valence-electron chi connectivity index (χ0n) is 28.9. The Bertz CT molecular complexity index is 1780. The molecule has 2 saturated heterocycles. The number of methoxy groups -OCH3 is 1. The number of carboxylic acids is 2. The molecule has 2 aliphatic heterocycles. The van der Waals surface area contributed by atoms with Crippen molar-refractivity contribution in [1.82, 2.24) is 4.90 Å². The first-order chi connectivity index (χ1) is 25.5. The Morgan fingerprint density at radius 1 is 0.796 bits per heavy atom. The van der Waals surface area contributed by atoms with Crippen molar-refractivity contribution < 1.29 is 72.1 Å². The SMILES string of the molecule is COc1ccc(C(=O)Nc2cccc(O[C@@H]3O[C@H](C(=O)O)[C@@H](O)[C@H](O)[C@H]3O)c2NC(=O)c2ccc(N3CCCN(C)CC3)cc2)cc1.O=C(O)C(F)(F)F. The summed E-state index contributed by atoms with van der Waals surface area (Å²) >= 11 is 0. The molecule has 0 radical (unpaired) electrons. The minimum absolute atomic E-state index is 0.0257. The van der Waals surface area contributed by atoms with Crippen molar-refractivity contribution in [3.63, 3.8) is 0 Å². The van der Waals surface area contributed by atoms with E-state index in [1.807, 2.05) is 12.1 Å². The van der Waals surface area contributed by atoms with E-state index < -0.39 is 60.6 Å². The van der Waals surface area contributed by atoms with Gasteiger partial charge in [-0.25, -0.2) is 9.59 Å². The zero-order chi connectivity index (χ0) is 39.7. The molecular weight excluding hydrogens is 725 g/mol. The van der Waals surface area contributed by atoms with Crippen LogP contribution in [0.1, 0.15) is 27.1 Å². The number of nitrogens with one attached hydrogen (secondary N) is 2. The smallest absolute Gasteiger partial charge is 0.490 e. The summed E-state index contributed by atoms with van der Waals surface area (Å²) in [5, 5.41) is 53.0. The van der Waals surface area contributed by atoms with Gasteiger partial charge in [-0.15, -0.1) is 0 Å². The second-order valence-electron chi connectivity index (χ2n) is 12.2. The first-order valence-electron chi connectivity index (χ1n) is 16.3. The van der Waals surface area contributed by atoms with E-state index in [4.69, 9.17) is 24.1 Å². The molecule has 16 nitrogen and oxygen atoms in total. The van der Waals surface area contributed by atoms with Crippen molar-refractivity contribution in [2.75, 3.05) is 55.9 Å². The molecular formula is C35H39F3N4O12. The van der Waals surface area contributed by atoms with Gasteiger partial charge in [-0.3, -0.25) is 9.59 Å². The molecule has 0 unspecified atom stereocenters. The quantitative estimate of drug-likeness (QED) is 0.166. The Morgan fingerprint density at radius 3 is 1.96 bits per heavy atom. The molecule has 3 aromatic rings. The van der Waals surface area contributed by atoms with Crippen LogP contribution in [0.25, 0.3) is 0 Å². The average Bonchev–Trinajstić information content (AvgIpc) is 3.36. The lowest BCUT2D eigenvalue weighted by atomic mass is 9.99. The molecule has 0 saturated carbocycles. The molecule has 0 aliphatic carbocycles. The number of hydrogen-bond donors (Lipinski definition) is 7. The molecule has 5 atom stereocenters.